The Hall–Kier alpha value is -2.85. The maximum absolute atomic E-state index is 4.28. The van der Waals surface area contributed by atoms with Crippen molar-refractivity contribution in [1.82, 2.24) is 4.98 Å². The SMILES string of the molecule is Cc1cccc(C#Cc2ccccn2)c1C(C)c1ccccc1. The summed E-state index contributed by atoms with van der Waals surface area (Å²) in [7, 11) is 0. The van der Waals surface area contributed by atoms with Crippen molar-refractivity contribution in [1.29, 1.82) is 0 Å². The molecular weight excluding hydrogens is 278 g/mol. The van der Waals surface area contributed by atoms with Gasteiger partial charge in [-0.1, -0.05) is 61.4 Å². The third-order valence-corrected chi connectivity index (χ3v) is 4.05. The van der Waals surface area contributed by atoms with Crippen LogP contribution in [0.25, 0.3) is 0 Å². The average Bonchev–Trinajstić information content (AvgIpc) is 2.61. The van der Waals surface area contributed by atoms with Gasteiger partial charge in [-0.05, 0) is 47.7 Å². The van der Waals surface area contributed by atoms with E-state index in [-0.39, 0.29) is 0 Å². The summed E-state index contributed by atoms with van der Waals surface area (Å²) in [5, 5.41) is 0. The van der Waals surface area contributed by atoms with Gasteiger partial charge in [-0.2, -0.15) is 0 Å². The fourth-order valence-electron chi connectivity index (χ4n) is 2.84. The van der Waals surface area contributed by atoms with E-state index in [0.29, 0.717) is 5.92 Å². The Labute approximate surface area is 138 Å². The fourth-order valence-corrected chi connectivity index (χ4v) is 2.84. The van der Waals surface area contributed by atoms with Gasteiger partial charge in [0.2, 0.25) is 0 Å². The second kappa shape index (κ2) is 6.94. The zero-order valence-corrected chi connectivity index (χ0v) is 13.5. The Morgan fingerprint density at radius 3 is 2.35 bits per heavy atom. The molecule has 1 nitrogen and oxygen atoms in total. The summed E-state index contributed by atoms with van der Waals surface area (Å²) in [6, 6.07) is 22.7. The lowest BCUT2D eigenvalue weighted by Gasteiger charge is -2.17. The Balaban J connectivity index is 2.03. The lowest BCUT2D eigenvalue weighted by Crippen LogP contribution is -2.02. The Bertz CT molecular complexity index is 839. The predicted molar refractivity (Wildman–Crippen MR) is 95.4 cm³/mol. The van der Waals surface area contributed by atoms with E-state index in [1.54, 1.807) is 6.20 Å². The van der Waals surface area contributed by atoms with Crippen LogP contribution in [-0.2, 0) is 0 Å². The highest BCUT2D eigenvalue weighted by atomic mass is 14.6. The number of benzene rings is 2. The molecule has 0 aliphatic carbocycles. The second-order valence-electron chi connectivity index (χ2n) is 5.63. The molecule has 1 atom stereocenters. The van der Waals surface area contributed by atoms with Gasteiger partial charge in [0, 0.05) is 17.7 Å². The van der Waals surface area contributed by atoms with Gasteiger partial charge in [-0.15, -0.1) is 0 Å². The van der Waals surface area contributed by atoms with Gasteiger partial charge in [0.05, 0.1) is 0 Å². The van der Waals surface area contributed by atoms with Crippen molar-refractivity contribution in [3.63, 3.8) is 0 Å². The summed E-state index contributed by atoms with van der Waals surface area (Å²) in [5.74, 6) is 6.79. The highest BCUT2D eigenvalue weighted by molar-refractivity contribution is 5.51. The standard InChI is InChI=1S/C22H19N/c1-17-9-8-12-20(14-15-21-13-6-7-16-23-21)22(17)18(2)19-10-4-3-5-11-19/h3-13,16,18H,1-2H3. The number of aryl methyl sites for hydroxylation is 1. The molecule has 0 aliphatic heterocycles. The molecular formula is C22H19N. The highest BCUT2D eigenvalue weighted by Crippen LogP contribution is 2.29. The minimum atomic E-state index is 0.311. The molecule has 3 rings (SSSR count). The fraction of sp³-hybridized carbons (Fsp3) is 0.136. The summed E-state index contributed by atoms with van der Waals surface area (Å²) >= 11 is 0. The number of pyridine rings is 1. The van der Waals surface area contributed by atoms with Crippen molar-refractivity contribution in [2.24, 2.45) is 0 Å². The van der Waals surface area contributed by atoms with Gasteiger partial charge in [0.25, 0.3) is 0 Å². The van der Waals surface area contributed by atoms with E-state index in [9.17, 15) is 0 Å². The first-order valence-electron chi connectivity index (χ1n) is 7.83. The first kappa shape index (κ1) is 15.1. The first-order valence-corrected chi connectivity index (χ1v) is 7.83. The van der Waals surface area contributed by atoms with Gasteiger partial charge >= 0.3 is 0 Å². The first-order chi connectivity index (χ1) is 11.3. The number of aromatic nitrogens is 1. The molecule has 0 spiro atoms. The molecule has 0 aliphatic rings. The molecule has 1 heterocycles. The summed E-state index contributed by atoms with van der Waals surface area (Å²) < 4.78 is 0. The van der Waals surface area contributed by atoms with Crippen molar-refractivity contribution in [2.75, 3.05) is 0 Å². The van der Waals surface area contributed by atoms with Crippen LogP contribution in [0.2, 0.25) is 0 Å². The predicted octanol–water partition coefficient (Wildman–Crippen LogP) is 4.94. The van der Waals surface area contributed by atoms with Crippen LogP contribution in [0.4, 0.5) is 0 Å². The van der Waals surface area contributed by atoms with E-state index in [0.717, 1.165) is 11.3 Å². The number of hydrogen-bond donors (Lipinski definition) is 0. The minimum absolute atomic E-state index is 0.311. The minimum Gasteiger partial charge on any atom is -0.248 e. The molecule has 0 amide bonds. The van der Waals surface area contributed by atoms with Crippen molar-refractivity contribution >= 4 is 0 Å². The van der Waals surface area contributed by atoms with Crippen molar-refractivity contribution in [3.05, 3.63) is 101 Å². The number of rotatable bonds is 2. The van der Waals surface area contributed by atoms with Gasteiger partial charge in [-0.3, -0.25) is 0 Å². The molecule has 0 saturated carbocycles. The molecule has 112 valence electrons. The van der Waals surface area contributed by atoms with E-state index >= 15 is 0 Å². The van der Waals surface area contributed by atoms with Crippen LogP contribution in [0.5, 0.6) is 0 Å². The largest absolute Gasteiger partial charge is 0.248 e. The summed E-state index contributed by atoms with van der Waals surface area (Å²) in [5.41, 5.74) is 5.75. The molecule has 1 aromatic heterocycles. The van der Waals surface area contributed by atoms with Crippen molar-refractivity contribution in [3.8, 4) is 11.8 Å². The van der Waals surface area contributed by atoms with E-state index in [4.69, 9.17) is 0 Å². The molecule has 0 saturated heterocycles. The Morgan fingerprint density at radius 2 is 1.61 bits per heavy atom. The van der Waals surface area contributed by atoms with E-state index in [2.05, 4.69) is 79.2 Å². The topological polar surface area (TPSA) is 12.9 Å². The molecule has 0 fully saturated rings. The summed E-state index contributed by atoms with van der Waals surface area (Å²) in [6.07, 6.45) is 1.77. The van der Waals surface area contributed by atoms with Crippen molar-refractivity contribution in [2.45, 2.75) is 19.8 Å². The van der Waals surface area contributed by atoms with Crippen LogP contribution >= 0.6 is 0 Å². The van der Waals surface area contributed by atoms with Crippen LogP contribution in [0, 0.1) is 18.8 Å². The molecule has 0 N–H and O–H groups in total. The highest BCUT2D eigenvalue weighted by Gasteiger charge is 2.14. The van der Waals surface area contributed by atoms with E-state index in [1.165, 1.54) is 16.7 Å². The third-order valence-electron chi connectivity index (χ3n) is 4.05. The number of nitrogens with zero attached hydrogens (tertiary/aromatic N) is 1. The van der Waals surface area contributed by atoms with E-state index in [1.807, 2.05) is 18.2 Å². The lowest BCUT2D eigenvalue weighted by molar-refractivity contribution is 0.906. The molecule has 3 aromatic rings. The number of hydrogen-bond acceptors (Lipinski definition) is 1. The van der Waals surface area contributed by atoms with Gasteiger partial charge in [-0.25, -0.2) is 4.98 Å². The smallest absolute Gasteiger partial charge is 0.113 e. The second-order valence-corrected chi connectivity index (χ2v) is 5.63. The van der Waals surface area contributed by atoms with Crippen LogP contribution in [0.1, 0.15) is 40.8 Å². The molecule has 23 heavy (non-hydrogen) atoms. The van der Waals surface area contributed by atoms with Crippen LogP contribution in [0.15, 0.2) is 72.9 Å². The van der Waals surface area contributed by atoms with Crippen molar-refractivity contribution < 1.29 is 0 Å². The Morgan fingerprint density at radius 1 is 0.826 bits per heavy atom. The third kappa shape index (κ3) is 3.49. The van der Waals surface area contributed by atoms with Crippen LogP contribution in [-0.4, -0.2) is 4.98 Å². The molecule has 0 bridgehead atoms. The maximum Gasteiger partial charge on any atom is 0.113 e. The molecule has 1 unspecified atom stereocenters. The monoisotopic (exact) mass is 297 g/mol. The van der Waals surface area contributed by atoms with E-state index < -0.39 is 0 Å². The quantitative estimate of drug-likeness (QED) is 0.610. The molecule has 1 heteroatoms. The van der Waals surface area contributed by atoms with Crippen LogP contribution < -0.4 is 0 Å². The summed E-state index contributed by atoms with van der Waals surface area (Å²) in [4.78, 5) is 4.28. The average molecular weight is 297 g/mol. The zero-order valence-electron chi connectivity index (χ0n) is 13.5. The zero-order chi connectivity index (χ0) is 16.1. The Kier molecular flexibility index (Phi) is 4.54. The normalized spacial score (nSPS) is 11.4. The van der Waals surface area contributed by atoms with Gasteiger partial charge in [0.1, 0.15) is 5.69 Å². The van der Waals surface area contributed by atoms with Gasteiger partial charge in [0.15, 0.2) is 0 Å². The van der Waals surface area contributed by atoms with Gasteiger partial charge < -0.3 is 0 Å². The van der Waals surface area contributed by atoms with Crippen LogP contribution in [0.3, 0.4) is 0 Å². The molecule has 0 radical (unpaired) electrons. The molecule has 2 aromatic carbocycles. The lowest BCUT2D eigenvalue weighted by atomic mass is 9.87. The maximum atomic E-state index is 4.28. The summed E-state index contributed by atoms with van der Waals surface area (Å²) in [6.45, 7) is 4.39.